The second-order valence-electron chi connectivity index (χ2n) is 5.10. The highest BCUT2D eigenvalue weighted by Gasteiger charge is 2.39. The summed E-state index contributed by atoms with van der Waals surface area (Å²) in [5.74, 6) is 0.393. The fourth-order valence-corrected chi connectivity index (χ4v) is 2.82. The van der Waals surface area contributed by atoms with Crippen LogP contribution in [0.2, 0.25) is 0 Å². The molecule has 0 spiro atoms. The molecule has 0 N–H and O–H groups in total. The molecule has 2 aromatic carbocycles. The molecule has 3 nitrogen and oxygen atoms in total. The predicted octanol–water partition coefficient (Wildman–Crippen LogP) is 5.52. The van der Waals surface area contributed by atoms with E-state index in [4.69, 9.17) is 14.2 Å². The van der Waals surface area contributed by atoms with Crippen LogP contribution in [0.4, 0.5) is 0 Å². The van der Waals surface area contributed by atoms with Gasteiger partial charge in [0.05, 0.1) is 13.0 Å². The average Bonchev–Trinajstić information content (AvgIpc) is 2.53. The highest BCUT2D eigenvalue weighted by molar-refractivity contribution is 9.10. The molecule has 2 aromatic rings. The number of hydrogen-bond acceptors (Lipinski definition) is 3. The van der Waals surface area contributed by atoms with Crippen LogP contribution < -0.4 is 9.47 Å². The van der Waals surface area contributed by atoms with Crippen molar-refractivity contribution < 1.29 is 14.2 Å². The lowest BCUT2D eigenvalue weighted by Gasteiger charge is -2.36. The highest BCUT2D eigenvalue weighted by Crippen LogP contribution is 2.32. The summed E-state index contributed by atoms with van der Waals surface area (Å²) in [6.45, 7) is 0.632. The topological polar surface area (TPSA) is 27.7 Å². The zero-order valence-corrected chi connectivity index (χ0v) is 15.1. The third-order valence-corrected chi connectivity index (χ3v) is 4.43. The average molecular weight is 428 g/mol. The zero-order chi connectivity index (χ0) is 15.4. The van der Waals surface area contributed by atoms with E-state index in [1.54, 1.807) is 0 Å². The van der Waals surface area contributed by atoms with E-state index < -0.39 is 5.97 Å². The van der Waals surface area contributed by atoms with E-state index in [0.717, 1.165) is 33.3 Å². The molecule has 22 heavy (non-hydrogen) atoms. The summed E-state index contributed by atoms with van der Waals surface area (Å²) >= 11 is 6.84. The normalized spacial score (nSPS) is 17.0. The number of hydrogen-bond donors (Lipinski definition) is 0. The molecule has 0 aromatic heterocycles. The van der Waals surface area contributed by atoms with Crippen molar-refractivity contribution in [1.29, 1.82) is 0 Å². The Morgan fingerprint density at radius 3 is 1.68 bits per heavy atom. The van der Waals surface area contributed by atoms with Crippen LogP contribution in [-0.4, -0.2) is 12.6 Å². The Balaban J connectivity index is 1.80. The van der Waals surface area contributed by atoms with Gasteiger partial charge in [0.15, 0.2) is 0 Å². The molecule has 0 aliphatic carbocycles. The largest absolute Gasteiger partial charge is 0.430 e. The fraction of sp³-hybridized carbons (Fsp3) is 0.294. The molecular formula is C17H16Br2O3. The Kier molecular flexibility index (Phi) is 5.06. The van der Waals surface area contributed by atoms with Crippen LogP contribution >= 0.6 is 31.9 Å². The van der Waals surface area contributed by atoms with Gasteiger partial charge in [0.25, 0.3) is 0 Å². The molecule has 0 bridgehead atoms. The van der Waals surface area contributed by atoms with E-state index in [9.17, 15) is 0 Å². The number of halogens is 2. The Morgan fingerprint density at radius 2 is 1.27 bits per heavy atom. The molecule has 1 aliphatic heterocycles. The van der Waals surface area contributed by atoms with Gasteiger partial charge in [0, 0.05) is 8.95 Å². The number of benzene rings is 2. The maximum atomic E-state index is 6.06. The van der Waals surface area contributed by atoms with E-state index in [1.165, 1.54) is 0 Å². The molecule has 0 atom stereocenters. The van der Waals surface area contributed by atoms with Gasteiger partial charge in [0.1, 0.15) is 11.5 Å². The van der Waals surface area contributed by atoms with Crippen molar-refractivity contribution in [2.24, 2.45) is 0 Å². The minimum absolute atomic E-state index is 0.632. The summed E-state index contributed by atoms with van der Waals surface area (Å²) in [7, 11) is 0. The lowest BCUT2D eigenvalue weighted by Crippen LogP contribution is -2.47. The third-order valence-electron chi connectivity index (χ3n) is 3.37. The molecule has 3 rings (SSSR count). The first kappa shape index (κ1) is 15.8. The maximum absolute atomic E-state index is 6.06. The summed E-state index contributed by atoms with van der Waals surface area (Å²) in [6, 6.07) is 15.3. The molecule has 0 amide bonds. The lowest BCUT2D eigenvalue weighted by atomic mass is 10.1. The van der Waals surface area contributed by atoms with E-state index in [1.807, 2.05) is 48.5 Å². The molecule has 1 aliphatic rings. The Bertz CT molecular complexity index is 555. The van der Waals surface area contributed by atoms with Gasteiger partial charge in [-0.2, -0.15) is 0 Å². The Labute approximate surface area is 146 Å². The minimum Gasteiger partial charge on any atom is -0.430 e. The van der Waals surface area contributed by atoms with Crippen LogP contribution in [0.3, 0.4) is 0 Å². The monoisotopic (exact) mass is 426 g/mol. The predicted molar refractivity (Wildman–Crippen MR) is 92.1 cm³/mol. The first-order valence-corrected chi connectivity index (χ1v) is 8.77. The van der Waals surface area contributed by atoms with Crippen molar-refractivity contribution in [3.05, 3.63) is 57.5 Å². The first-order chi connectivity index (χ1) is 10.7. The van der Waals surface area contributed by atoms with Crippen LogP contribution in [0.5, 0.6) is 11.5 Å². The standard InChI is InChI=1S/C17H16Br2O3/c18-13-3-7-15(8-4-13)21-17(11-1-2-12-20-17)22-16-9-5-14(19)6-10-16/h3-10H,1-2,11-12H2. The van der Waals surface area contributed by atoms with Crippen molar-refractivity contribution >= 4 is 31.9 Å². The zero-order valence-electron chi connectivity index (χ0n) is 11.9. The van der Waals surface area contributed by atoms with Gasteiger partial charge < -0.3 is 14.2 Å². The van der Waals surface area contributed by atoms with Gasteiger partial charge in [0.2, 0.25) is 0 Å². The Hall–Kier alpha value is -1.04. The second kappa shape index (κ2) is 7.02. The summed E-state index contributed by atoms with van der Waals surface area (Å²) in [5, 5.41) is 0. The van der Waals surface area contributed by atoms with Crippen LogP contribution in [0.15, 0.2) is 57.5 Å². The molecule has 1 saturated heterocycles. The van der Waals surface area contributed by atoms with Crippen molar-refractivity contribution in [3.63, 3.8) is 0 Å². The van der Waals surface area contributed by atoms with Gasteiger partial charge in [-0.3, -0.25) is 0 Å². The van der Waals surface area contributed by atoms with Gasteiger partial charge in [-0.15, -0.1) is 0 Å². The van der Waals surface area contributed by atoms with E-state index in [2.05, 4.69) is 31.9 Å². The minimum atomic E-state index is -1.06. The van der Waals surface area contributed by atoms with E-state index in [0.29, 0.717) is 13.0 Å². The van der Waals surface area contributed by atoms with Crippen LogP contribution in [0, 0.1) is 0 Å². The Morgan fingerprint density at radius 1 is 0.773 bits per heavy atom. The molecular weight excluding hydrogens is 412 g/mol. The van der Waals surface area contributed by atoms with Gasteiger partial charge in [-0.05, 0) is 61.4 Å². The smallest absolute Gasteiger partial charge is 0.371 e. The summed E-state index contributed by atoms with van der Waals surface area (Å²) in [5.41, 5.74) is 0. The van der Waals surface area contributed by atoms with Crippen molar-refractivity contribution in [2.75, 3.05) is 6.61 Å². The quantitative estimate of drug-likeness (QED) is 0.601. The fourth-order valence-electron chi connectivity index (χ4n) is 2.29. The first-order valence-electron chi connectivity index (χ1n) is 7.18. The van der Waals surface area contributed by atoms with Crippen LogP contribution in [0.25, 0.3) is 0 Å². The molecule has 5 heteroatoms. The van der Waals surface area contributed by atoms with Gasteiger partial charge in [-0.1, -0.05) is 31.9 Å². The van der Waals surface area contributed by atoms with Crippen molar-refractivity contribution in [3.8, 4) is 11.5 Å². The summed E-state index contributed by atoms with van der Waals surface area (Å²) < 4.78 is 20.0. The number of ether oxygens (including phenoxy) is 3. The lowest BCUT2D eigenvalue weighted by molar-refractivity contribution is -0.317. The SMILES string of the molecule is Brc1ccc(OC2(Oc3ccc(Br)cc3)CCCCO2)cc1. The van der Waals surface area contributed by atoms with Crippen molar-refractivity contribution in [2.45, 2.75) is 25.2 Å². The van der Waals surface area contributed by atoms with Crippen LogP contribution in [-0.2, 0) is 4.74 Å². The molecule has 1 heterocycles. The van der Waals surface area contributed by atoms with Crippen molar-refractivity contribution in [1.82, 2.24) is 0 Å². The van der Waals surface area contributed by atoms with E-state index >= 15 is 0 Å². The third kappa shape index (κ3) is 4.03. The summed E-state index contributed by atoms with van der Waals surface area (Å²) in [4.78, 5) is 0. The van der Waals surface area contributed by atoms with E-state index in [-0.39, 0.29) is 0 Å². The van der Waals surface area contributed by atoms with Gasteiger partial charge >= 0.3 is 5.97 Å². The second-order valence-corrected chi connectivity index (χ2v) is 6.93. The molecule has 0 unspecified atom stereocenters. The summed E-state index contributed by atoms with van der Waals surface area (Å²) in [6.07, 6.45) is 2.72. The molecule has 1 fully saturated rings. The maximum Gasteiger partial charge on any atom is 0.371 e. The molecule has 0 radical (unpaired) electrons. The highest BCUT2D eigenvalue weighted by atomic mass is 79.9. The molecule has 116 valence electrons. The van der Waals surface area contributed by atoms with Crippen LogP contribution in [0.1, 0.15) is 19.3 Å². The number of rotatable bonds is 4. The molecule has 0 saturated carbocycles. The van der Waals surface area contributed by atoms with Gasteiger partial charge in [-0.25, -0.2) is 0 Å².